The fourth-order valence-corrected chi connectivity index (χ4v) is 0.913. The minimum atomic E-state index is 0.468. The number of hydrogen-bond acceptors (Lipinski definition) is 4. The molecule has 0 saturated heterocycles. The molecule has 0 aliphatic rings. The lowest BCUT2D eigenvalue weighted by atomic mass is 10.2. The number of nitrogens with one attached hydrogen (secondary N) is 1. The Hall–Kier alpha value is -1.16. The molecule has 1 rings (SSSR count). The third-order valence-corrected chi connectivity index (χ3v) is 1.84. The molecule has 1 atom stereocenters. The van der Waals surface area contributed by atoms with E-state index in [-0.39, 0.29) is 0 Å². The Morgan fingerprint density at radius 3 is 2.92 bits per heavy atom. The van der Waals surface area contributed by atoms with E-state index >= 15 is 0 Å². The van der Waals surface area contributed by atoms with Crippen molar-refractivity contribution in [2.45, 2.75) is 13.8 Å². The van der Waals surface area contributed by atoms with Crippen LogP contribution in [-0.2, 0) is 0 Å². The van der Waals surface area contributed by atoms with Gasteiger partial charge in [0.1, 0.15) is 12.1 Å². The molecule has 0 radical (unpaired) electrons. The maximum atomic E-state index is 5.49. The summed E-state index contributed by atoms with van der Waals surface area (Å²) in [6.07, 6.45) is 1.56. The van der Waals surface area contributed by atoms with Crippen LogP contribution in [0.4, 0.5) is 5.82 Å². The molecule has 4 heteroatoms. The summed E-state index contributed by atoms with van der Waals surface area (Å²) in [7, 11) is 0. The SMILES string of the molecule is Cc1cc(NCC(C)CN)ncn1. The van der Waals surface area contributed by atoms with Gasteiger partial charge in [-0.15, -0.1) is 0 Å². The number of hydrogen-bond donors (Lipinski definition) is 2. The highest BCUT2D eigenvalue weighted by Gasteiger charge is 1.99. The monoisotopic (exact) mass is 180 g/mol. The first kappa shape index (κ1) is 9.92. The van der Waals surface area contributed by atoms with E-state index < -0.39 is 0 Å². The van der Waals surface area contributed by atoms with Crippen LogP contribution in [0.3, 0.4) is 0 Å². The van der Waals surface area contributed by atoms with Crippen LogP contribution in [0.15, 0.2) is 12.4 Å². The topological polar surface area (TPSA) is 63.8 Å². The number of aromatic nitrogens is 2. The quantitative estimate of drug-likeness (QED) is 0.719. The Morgan fingerprint density at radius 1 is 1.54 bits per heavy atom. The summed E-state index contributed by atoms with van der Waals surface area (Å²) in [5, 5.41) is 3.21. The van der Waals surface area contributed by atoms with Crippen LogP contribution in [0.1, 0.15) is 12.6 Å². The second kappa shape index (κ2) is 4.77. The Kier molecular flexibility index (Phi) is 3.64. The van der Waals surface area contributed by atoms with E-state index in [9.17, 15) is 0 Å². The molecule has 13 heavy (non-hydrogen) atoms. The third-order valence-electron chi connectivity index (χ3n) is 1.84. The first-order valence-corrected chi connectivity index (χ1v) is 4.45. The highest BCUT2D eigenvalue weighted by molar-refractivity contribution is 5.34. The van der Waals surface area contributed by atoms with Gasteiger partial charge in [0, 0.05) is 18.3 Å². The molecule has 3 N–H and O–H groups in total. The lowest BCUT2D eigenvalue weighted by Crippen LogP contribution is -2.20. The molecule has 0 fully saturated rings. The smallest absolute Gasteiger partial charge is 0.129 e. The van der Waals surface area contributed by atoms with Crippen LogP contribution in [0, 0.1) is 12.8 Å². The fourth-order valence-electron chi connectivity index (χ4n) is 0.913. The predicted molar refractivity (Wildman–Crippen MR) is 53.5 cm³/mol. The third kappa shape index (κ3) is 3.38. The molecule has 1 aromatic heterocycles. The molecule has 0 aliphatic carbocycles. The van der Waals surface area contributed by atoms with Crippen LogP contribution in [-0.4, -0.2) is 23.1 Å². The molecule has 0 saturated carbocycles. The Balaban J connectivity index is 2.45. The van der Waals surface area contributed by atoms with Crippen molar-refractivity contribution in [3.05, 3.63) is 18.1 Å². The molecule has 0 amide bonds. The van der Waals surface area contributed by atoms with E-state index in [4.69, 9.17) is 5.73 Å². The summed E-state index contributed by atoms with van der Waals surface area (Å²) in [5.41, 5.74) is 6.46. The van der Waals surface area contributed by atoms with Gasteiger partial charge in [-0.05, 0) is 19.4 Å². The molecule has 0 aromatic carbocycles. The average Bonchev–Trinajstić information content (AvgIpc) is 2.14. The van der Waals surface area contributed by atoms with Crippen LogP contribution >= 0.6 is 0 Å². The van der Waals surface area contributed by atoms with E-state index in [1.807, 2.05) is 13.0 Å². The predicted octanol–water partition coefficient (Wildman–Crippen LogP) is 0.792. The lowest BCUT2D eigenvalue weighted by Gasteiger charge is -2.10. The zero-order valence-electron chi connectivity index (χ0n) is 8.12. The summed E-state index contributed by atoms with van der Waals surface area (Å²) in [6, 6.07) is 1.92. The molecular formula is C9H16N4. The van der Waals surface area contributed by atoms with E-state index in [2.05, 4.69) is 22.2 Å². The zero-order chi connectivity index (χ0) is 9.68. The second-order valence-corrected chi connectivity index (χ2v) is 3.27. The Bertz CT molecular complexity index is 262. The number of anilines is 1. The molecule has 1 heterocycles. The van der Waals surface area contributed by atoms with Crippen LogP contribution in [0.5, 0.6) is 0 Å². The number of rotatable bonds is 4. The van der Waals surface area contributed by atoms with Gasteiger partial charge < -0.3 is 11.1 Å². The van der Waals surface area contributed by atoms with Crippen molar-refractivity contribution >= 4 is 5.82 Å². The zero-order valence-corrected chi connectivity index (χ0v) is 8.12. The minimum absolute atomic E-state index is 0.468. The average molecular weight is 180 g/mol. The van der Waals surface area contributed by atoms with Gasteiger partial charge in [0.05, 0.1) is 0 Å². The van der Waals surface area contributed by atoms with Gasteiger partial charge >= 0.3 is 0 Å². The van der Waals surface area contributed by atoms with Gasteiger partial charge in [-0.3, -0.25) is 0 Å². The maximum Gasteiger partial charge on any atom is 0.129 e. The van der Waals surface area contributed by atoms with Crippen molar-refractivity contribution in [3.8, 4) is 0 Å². The highest BCUT2D eigenvalue weighted by atomic mass is 15.0. The molecule has 1 aromatic rings. The van der Waals surface area contributed by atoms with E-state index in [0.29, 0.717) is 12.5 Å². The Morgan fingerprint density at radius 2 is 2.31 bits per heavy atom. The normalized spacial score (nSPS) is 12.5. The molecular weight excluding hydrogens is 164 g/mol. The fraction of sp³-hybridized carbons (Fsp3) is 0.556. The molecule has 0 spiro atoms. The largest absolute Gasteiger partial charge is 0.370 e. The molecule has 1 unspecified atom stereocenters. The van der Waals surface area contributed by atoms with Crippen LogP contribution in [0.25, 0.3) is 0 Å². The number of nitrogens with two attached hydrogens (primary N) is 1. The van der Waals surface area contributed by atoms with Gasteiger partial charge in [0.15, 0.2) is 0 Å². The van der Waals surface area contributed by atoms with Gasteiger partial charge in [-0.1, -0.05) is 6.92 Å². The maximum absolute atomic E-state index is 5.49. The first-order valence-electron chi connectivity index (χ1n) is 4.45. The van der Waals surface area contributed by atoms with Gasteiger partial charge in [0.2, 0.25) is 0 Å². The number of aryl methyl sites for hydroxylation is 1. The van der Waals surface area contributed by atoms with Gasteiger partial charge in [-0.25, -0.2) is 9.97 Å². The van der Waals surface area contributed by atoms with Crippen molar-refractivity contribution in [1.82, 2.24) is 9.97 Å². The van der Waals surface area contributed by atoms with Crippen molar-refractivity contribution in [2.24, 2.45) is 11.7 Å². The summed E-state index contributed by atoms with van der Waals surface area (Å²) in [6.45, 7) is 5.59. The number of nitrogens with zero attached hydrogens (tertiary/aromatic N) is 2. The minimum Gasteiger partial charge on any atom is -0.370 e. The van der Waals surface area contributed by atoms with E-state index in [1.54, 1.807) is 6.33 Å². The first-order chi connectivity index (χ1) is 6.22. The van der Waals surface area contributed by atoms with E-state index in [1.165, 1.54) is 0 Å². The van der Waals surface area contributed by atoms with E-state index in [0.717, 1.165) is 18.1 Å². The highest BCUT2D eigenvalue weighted by Crippen LogP contribution is 2.03. The second-order valence-electron chi connectivity index (χ2n) is 3.27. The van der Waals surface area contributed by atoms with Gasteiger partial charge in [0.25, 0.3) is 0 Å². The summed E-state index contributed by atoms with van der Waals surface area (Å²) in [4.78, 5) is 8.09. The van der Waals surface area contributed by atoms with Crippen LogP contribution < -0.4 is 11.1 Å². The Labute approximate surface area is 78.6 Å². The van der Waals surface area contributed by atoms with Crippen LogP contribution in [0.2, 0.25) is 0 Å². The lowest BCUT2D eigenvalue weighted by molar-refractivity contribution is 0.627. The standard InChI is InChI=1S/C9H16N4/c1-7(4-10)5-11-9-3-8(2)12-6-13-9/h3,6-7H,4-5,10H2,1-2H3,(H,11,12,13). The molecule has 4 nitrogen and oxygen atoms in total. The summed E-state index contributed by atoms with van der Waals surface area (Å²) in [5.74, 6) is 1.34. The van der Waals surface area contributed by atoms with Crippen molar-refractivity contribution in [2.75, 3.05) is 18.4 Å². The van der Waals surface area contributed by atoms with Crippen molar-refractivity contribution < 1.29 is 0 Å². The van der Waals surface area contributed by atoms with Crippen molar-refractivity contribution in [3.63, 3.8) is 0 Å². The van der Waals surface area contributed by atoms with Gasteiger partial charge in [-0.2, -0.15) is 0 Å². The molecule has 0 bridgehead atoms. The summed E-state index contributed by atoms with van der Waals surface area (Å²) < 4.78 is 0. The van der Waals surface area contributed by atoms with Crippen molar-refractivity contribution in [1.29, 1.82) is 0 Å². The summed E-state index contributed by atoms with van der Waals surface area (Å²) >= 11 is 0. The molecule has 0 aliphatic heterocycles. The molecule has 72 valence electrons.